The molecule has 1 rings (SSSR count). The average molecular weight is 260 g/mol. The van der Waals surface area contributed by atoms with Crippen molar-refractivity contribution in [3.8, 4) is 30.3 Å². The number of nitriles is 5. The standard InChI is InChI=1S/C10N6.Fe/c11-1-6-7(2-12)9(4-14)16-10(5-15)8(6)3-13;. The minimum Gasteiger partial charge on any atom is -0.223 e. The molecule has 0 saturated carbocycles. The van der Waals surface area contributed by atoms with Gasteiger partial charge in [0.25, 0.3) is 0 Å². The van der Waals surface area contributed by atoms with Gasteiger partial charge in [0.15, 0.2) is 11.4 Å². The maximum Gasteiger partial charge on any atom is 0.161 e. The molecule has 0 aliphatic carbocycles. The maximum atomic E-state index is 8.80. The second kappa shape index (κ2) is 5.87. The van der Waals surface area contributed by atoms with Crippen molar-refractivity contribution < 1.29 is 17.1 Å². The number of pyridine rings is 1. The normalized spacial score (nSPS) is 7.24. The Morgan fingerprint density at radius 2 is 0.941 bits per heavy atom. The van der Waals surface area contributed by atoms with Gasteiger partial charge in [0, 0.05) is 17.1 Å². The van der Waals surface area contributed by atoms with Gasteiger partial charge in [-0.05, 0) is 0 Å². The molecule has 0 aliphatic rings. The summed E-state index contributed by atoms with van der Waals surface area (Å²) >= 11 is 0. The van der Waals surface area contributed by atoms with E-state index in [2.05, 4.69) is 4.98 Å². The predicted octanol–water partition coefficient (Wildman–Crippen LogP) is 0.437. The molecule has 0 bridgehead atoms. The molecule has 17 heavy (non-hydrogen) atoms. The maximum absolute atomic E-state index is 8.80. The van der Waals surface area contributed by atoms with Gasteiger partial charge in [0.1, 0.15) is 41.5 Å². The molecule has 0 fully saturated rings. The molecule has 0 aliphatic heterocycles. The summed E-state index contributed by atoms with van der Waals surface area (Å²) in [5, 5.41) is 43.7. The van der Waals surface area contributed by atoms with E-state index in [1.54, 1.807) is 30.3 Å². The first-order valence-corrected chi connectivity index (χ1v) is 3.82. The van der Waals surface area contributed by atoms with Crippen LogP contribution in [0.25, 0.3) is 0 Å². The largest absolute Gasteiger partial charge is 0.223 e. The fourth-order valence-electron chi connectivity index (χ4n) is 1.08. The summed E-state index contributed by atoms with van der Waals surface area (Å²) in [6.45, 7) is 0. The second-order valence-electron chi connectivity index (χ2n) is 2.49. The molecule has 6 nitrogen and oxygen atoms in total. The van der Waals surface area contributed by atoms with Crippen molar-refractivity contribution >= 4 is 0 Å². The van der Waals surface area contributed by atoms with Gasteiger partial charge in [0.2, 0.25) is 0 Å². The first-order valence-electron chi connectivity index (χ1n) is 3.82. The van der Waals surface area contributed by atoms with Crippen molar-refractivity contribution in [3.63, 3.8) is 0 Å². The smallest absolute Gasteiger partial charge is 0.161 e. The molecule has 1 aromatic heterocycles. The van der Waals surface area contributed by atoms with E-state index in [0.717, 1.165) is 0 Å². The molecule has 0 atom stereocenters. The zero-order valence-electron chi connectivity index (χ0n) is 8.04. The van der Waals surface area contributed by atoms with E-state index in [9.17, 15) is 0 Å². The molecule has 0 aromatic carbocycles. The zero-order chi connectivity index (χ0) is 12.1. The zero-order valence-corrected chi connectivity index (χ0v) is 9.14. The summed E-state index contributed by atoms with van der Waals surface area (Å²) in [5.41, 5.74) is -1.49. The molecule has 78 valence electrons. The number of aromatic nitrogens is 1. The molecule has 1 heterocycles. The van der Waals surface area contributed by atoms with E-state index in [-0.39, 0.29) is 45.1 Å². The Bertz CT molecular complexity index is 621. The van der Waals surface area contributed by atoms with Crippen LogP contribution in [0.3, 0.4) is 0 Å². The Morgan fingerprint density at radius 1 is 0.588 bits per heavy atom. The molecule has 0 N–H and O–H groups in total. The minimum absolute atomic E-state index is 0. The van der Waals surface area contributed by atoms with Crippen LogP contribution in [-0.2, 0) is 17.1 Å². The van der Waals surface area contributed by atoms with Gasteiger partial charge >= 0.3 is 0 Å². The molecule has 0 radical (unpaired) electrons. The monoisotopic (exact) mass is 260 g/mol. The molecule has 7 heteroatoms. The second-order valence-corrected chi connectivity index (χ2v) is 2.49. The van der Waals surface area contributed by atoms with E-state index in [4.69, 9.17) is 26.3 Å². The van der Waals surface area contributed by atoms with Crippen molar-refractivity contribution in [2.45, 2.75) is 0 Å². The molecule has 0 saturated heterocycles. The van der Waals surface area contributed by atoms with Crippen LogP contribution < -0.4 is 0 Å². The van der Waals surface area contributed by atoms with Crippen LogP contribution in [0.1, 0.15) is 28.1 Å². The molecular formula is C10FeN6. The number of rotatable bonds is 0. The van der Waals surface area contributed by atoms with Gasteiger partial charge in [-0.3, -0.25) is 0 Å². The van der Waals surface area contributed by atoms with Gasteiger partial charge in [-0.2, -0.15) is 26.3 Å². The Morgan fingerprint density at radius 3 is 1.18 bits per heavy atom. The summed E-state index contributed by atoms with van der Waals surface area (Å²) in [6.07, 6.45) is 0. The number of hydrogen-bond acceptors (Lipinski definition) is 6. The third-order valence-corrected chi connectivity index (χ3v) is 1.74. The van der Waals surface area contributed by atoms with Crippen LogP contribution in [0.2, 0.25) is 0 Å². The Labute approximate surface area is 107 Å². The molecular weight excluding hydrogens is 260 g/mol. The van der Waals surface area contributed by atoms with E-state index in [1.807, 2.05) is 0 Å². The first kappa shape index (κ1) is 14.1. The van der Waals surface area contributed by atoms with E-state index >= 15 is 0 Å². The van der Waals surface area contributed by atoms with Gasteiger partial charge in [-0.1, -0.05) is 0 Å². The van der Waals surface area contributed by atoms with Crippen molar-refractivity contribution in [2.75, 3.05) is 0 Å². The summed E-state index contributed by atoms with van der Waals surface area (Å²) < 4.78 is 0. The predicted molar refractivity (Wildman–Crippen MR) is 47.8 cm³/mol. The summed E-state index contributed by atoms with van der Waals surface area (Å²) in [7, 11) is 0. The topological polar surface area (TPSA) is 132 Å². The summed E-state index contributed by atoms with van der Waals surface area (Å²) in [5.74, 6) is 0. The van der Waals surface area contributed by atoms with E-state index in [0.29, 0.717) is 0 Å². The Hall–Kier alpha value is -2.88. The van der Waals surface area contributed by atoms with Crippen LogP contribution in [0.15, 0.2) is 0 Å². The average Bonchev–Trinajstić information content (AvgIpc) is 2.35. The van der Waals surface area contributed by atoms with Crippen molar-refractivity contribution in [3.05, 3.63) is 28.1 Å². The van der Waals surface area contributed by atoms with Crippen molar-refractivity contribution in [1.29, 1.82) is 26.3 Å². The SMILES string of the molecule is N#Cc1nc(C#N)c(C#N)c(C#N)c1C#N.[Fe]. The molecule has 1 aromatic rings. The van der Waals surface area contributed by atoms with Crippen LogP contribution in [-0.4, -0.2) is 4.98 Å². The molecule has 0 spiro atoms. The Balaban J connectivity index is 0.00000256. The fourth-order valence-corrected chi connectivity index (χ4v) is 1.08. The van der Waals surface area contributed by atoms with Gasteiger partial charge in [-0.25, -0.2) is 4.98 Å². The number of hydrogen-bond donors (Lipinski definition) is 0. The summed E-state index contributed by atoms with van der Waals surface area (Å²) in [4.78, 5) is 3.54. The van der Waals surface area contributed by atoms with Gasteiger partial charge in [0.05, 0.1) is 5.56 Å². The van der Waals surface area contributed by atoms with Crippen molar-refractivity contribution in [1.82, 2.24) is 4.98 Å². The Kier molecular flexibility index (Phi) is 4.87. The molecule has 0 unspecified atom stereocenters. The van der Waals surface area contributed by atoms with Gasteiger partial charge in [-0.15, -0.1) is 0 Å². The van der Waals surface area contributed by atoms with Crippen LogP contribution in [0.4, 0.5) is 0 Å². The van der Waals surface area contributed by atoms with Crippen LogP contribution in [0.5, 0.6) is 0 Å². The van der Waals surface area contributed by atoms with E-state index < -0.39 is 0 Å². The molecule has 0 amide bonds. The van der Waals surface area contributed by atoms with Gasteiger partial charge < -0.3 is 0 Å². The fraction of sp³-hybridized carbons (Fsp3) is 0. The number of nitrogens with zero attached hydrogens (tertiary/aromatic N) is 6. The minimum atomic E-state index is -0.324. The van der Waals surface area contributed by atoms with Crippen LogP contribution >= 0.6 is 0 Å². The third-order valence-electron chi connectivity index (χ3n) is 1.74. The van der Waals surface area contributed by atoms with Crippen molar-refractivity contribution in [2.24, 2.45) is 0 Å². The third kappa shape index (κ3) is 2.21. The van der Waals surface area contributed by atoms with Crippen LogP contribution in [0, 0.1) is 56.7 Å². The first-order chi connectivity index (χ1) is 7.73. The summed E-state index contributed by atoms with van der Waals surface area (Å²) in [6, 6.07) is 8.08. The van der Waals surface area contributed by atoms with E-state index in [1.165, 1.54) is 0 Å². The quantitative estimate of drug-likeness (QED) is 0.621.